The number of hydrogen-bond donors (Lipinski definition) is 0. The molecular weight excluding hydrogens is 422 g/mol. The molecule has 1 aromatic carbocycles. The van der Waals surface area contributed by atoms with Crippen molar-refractivity contribution in [1.82, 2.24) is 4.90 Å². The number of ether oxygens (including phenoxy) is 2. The zero-order valence-electron chi connectivity index (χ0n) is 17.5. The number of hydrogen-bond acceptors (Lipinski definition) is 8. The van der Waals surface area contributed by atoms with Gasteiger partial charge in [0.15, 0.2) is 0 Å². The first-order valence-electron chi connectivity index (χ1n) is 9.33. The Bertz CT molecular complexity index is 1060. The van der Waals surface area contributed by atoms with Crippen LogP contribution in [0.5, 0.6) is 0 Å². The molecule has 3 rings (SSSR count). The topological polar surface area (TPSA) is 103 Å². The first kappa shape index (κ1) is 22.4. The van der Waals surface area contributed by atoms with Gasteiger partial charge in [0.25, 0.3) is 11.1 Å². The number of rotatable bonds is 5. The van der Waals surface area contributed by atoms with Gasteiger partial charge < -0.3 is 13.9 Å². The average molecular weight is 443 g/mol. The van der Waals surface area contributed by atoms with Crippen molar-refractivity contribution in [3.8, 4) is 11.3 Å². The summed E-state index contributed by atoms with van der Waals surface area (Å²) in [6.45, 7) is 4.66. The molecule has 162 valence electrons. The second-order valence-electron chi connectivity index (χ2n) is 7.63. The number of thioether (sulfide) groups is 1. The van der Waals surface area contributed by atoms with Crippen molar-refractivity contribution < 1.29 is 33.1 Å². The number of methoxy groups -OCH3 is 1. The van der Waals surface area contributed by atoms with Gasteiger partial charge in [0.2, 0.25) is 0 Å². The van der Waals surface area contributed by atoms with Crippen molar-refractivity contribution in [3.63, 3.8) is 0 Å². The highest BCUT2D eigenvalue weighted by Crippen LogP contribution is 2.33. The number of imide groups is 1. The van der Waals surface area contributed by atoms with Gasteiger partial charge >= 0.3 is 11.9 Å². The average Bonchev–Trinajstić information content (AvgIpc) is 3.26. The molecule has 0 bridgehead atoms. The summed E-state index contributed by atoms with van der Waals surface area (Å²) in [6, 6.07) is 10.0. The van der Waals surface area contributed by atoms with Gasteiger partial charge in [0.05, 0.1) is 17.6 Å². The van der Waals surface area contributed by atoms with Crippen LogP contribution in [0.15, 0.2) is 45.7 Å². The third-order valence-electron chi connectivity index (χ3n) is 4.07. The van der Waals surface area contributed by atoms with Crippen molar-refractivity contribution in [3.05, 3.63) is 52.6 Å². The molecule has 0 N–H and O–H groups in total. The van der Waals surface area contributed by atoms with Crippen molar-refractivity contribution >= 4 is 40.9 Å². The second-order valence-corrected chi connectivity index (χ2v) is 8.62. The zero-order valence-corrected chi connectivity index (χ0v) is 18.3. The minimum absolute atomic E-state index is 0.149. The van der Waals surface area contributed by atoms with Crippen LogP contribution in [0.3, 0.4) is 0 Å². The molecule has 1 fully saturated rings. The summed E-state index contributed by atoms with van der Waals surface area (Å²) in [5, 5.41) is -0.549. The Morgan fingerprint density at radius 1 is 1.10 bits per heavy atom. The predicted octanol–water partition coefficient (Wildman–Crippen LogP) is 4.11. The first-order valence-corrected chi connectivity index (χ1v) is 10.1. The summed E-state index contributed by atoms with van der Waals surface area (Å²) < 4.78 is 15.6. The molecule has 2 aromatic rings. The van der Waals surface area contributed by atoms with Crippen LogP contribution in [0.25, 0.3) is 17.4 Å². The fourth-order valence-corrected chi connectivity index (χ4v) is 3.56. The number of benzene rings is 1. The fraction of sp³-hybridized carbons (Fsp3) is 0.273. The van der Waals surface area contributed by atoms with E-state index in [1.54, 1.807) is 57.2 Å². The van der Waals surface area contributed by atoms with Crippen molar-refractivity contribution in [2.45, 2.75) is 26.4 Å². The fourth-order valence-electron chi connectivity index (χ4n) is 2.74. The number of esters is 2. The predicted molar refractivity (Wildman–Crippen MR) is 114 cm³/mol. The minimum atomic E-state index is -0.714. The molecule has 1 aliphatic rings. The molecule has 0 saturated carbocycles. The van der Waals surface area contributed by atoms with Crippen LogP contribution in [0.2, 0.25) is 0 Å². The van der Waals surface area contributed by atoms with Gasteiger partial charge in [-0.05, 0) is 56.8 Å². The molecule has 31 heavy (non-hydrogen) atoms. The molecule has 1 aromatic heterocycles. The molecule has 2 amide bonds. The van der Waals surface area contributed by atoms with Gasteiger partial charge in [0.1, 0.15) is 23.7 Å². The third kappa shape index (κ3) is 5.43. The maximum Gasteiger partial charge on any atom is 0.337 e. The Kier molecular flexibility index (Phi) is 6.35. The Morgan fingerprint density at radius 3 is 2.39 bits per heavy atom. The van der Waals surface area contributed by atoms with E-state index in [9.17, 15) is 19.2 Å². The SMILES string of the molecule is COC(=O)c1ccc(-c2ccc(/C=C3/SC(=O)N(CC(=O)OC(C)(C)C)C3=O)o2)cc1. The van der Waals surface area contributed by atoms with Crippen molar-refractivity contribution in [2.75, 3.05) is 13.7 Å². The monoisotopic (exact) mass is 443 g/mol. The molecule has 1 aliphatic heterocycles. The van der Waals surface area contributed by atoms with Crippen LogP contribution in [0.1, 0.15) is 36.9 Å². The van der Waals surface area contributed by atoms with Crippen LogP contribution in [-0.2, 0) is 19.1 Å². The molecule has 8 nitrogen and oxygen atoms in total. The molecule has 0 aliphatic carbocycles. The van der Waals surface area contributed by atoms with Gasteiger partial charge in [0, 0.05) is 11.6 Å². The van der Waals surface area contributed by atoms with Gasteiger partial charge in [-0.3, -0.25) is 19.3 Å². The molecule has 0 unspecified atom stereocenters. The maximum absolute atomic E-state index is 12.6. The third-order valence-corrected chi connectivity index (χ3v) is 4.98. The second kappa shape index (κ2) is 8.81. The normalized spacial score (nSPS) is 15.5. The zero-order chi connectivity index (χ0) is 22.8. The van der Waals surface area contributed by atoms with E-state index >= 15 is 0 Å². The van der Waals surface area contributed by atoms with Gasteiger partial charge in [-0.15, -0.1) is 0 Å². The van der Waals surface area contributed by atoms with Crippen LogP contribution < -0.4 is 0 Å². The molecule has 2 heterocycles. The Morgan fingerprint density at radius 2 is 1.77 bits per heavy atom. The summed E-state index contributed by atoms with van der Waals surface area (Å²) in [6.07, 6.45) is 1.45. The number of carbonyl (C=O) groups excluding carboxylic acids is 4. The number of carbonyl (C=O) groups is 4. The smallest absolute Gasteiger partial charge is 0.337 e. The lowest BCUT2D eigenvalue weighted by atomic mass is 10.1. The Labute approximate surface area is 183 Å². The highest BCUT2D eigenvalue weighted by Gasteiger charge is 2.37. The van der Waals surface area contributed by atoms with E-state index in [4.69, 9.17) is 9.15 Å². The molecule has 0 radical (unpaired) electrons. The van der Waals surface area contributed by atoms with Gasteiger partial charge in [-0.25, -0.2) is 4.79 Å². The largest absolute Gasteiger partial charge is 0.465 e. The van der Waals surface area contributed by atoms with Crippen LogP contribution in [0.4, 0.5) is 4.79 Å². The first-order chi connectivity index (χ1) is 14.6. The van der Waals surface area contributed by atoms with E-state index in [0.717, 1.165) is 22.2 Å². The van der Waals surface area contributed by atoms with Gasteiger partial charge in [-0.1, -0.05) is 12.1 Å². The lowest BCUT2D eigenvalue weighted by molar-refractivity contribution is -0.156. The lowest BCUT2D eigenvalue weighted by Crippen LogP contribution is -2.37. The standard InChI is InChI=1S/C22H21NO7S/c1-22(2,3)30-18(24)12-23-19(25)17(31-21(23)27)11-15-9-10-16(29-15)13-5-7-14(8-6-13)20(26)28-4/h5-11H,12H2,1-4H3/b17-11+. The van der Waals surface area contributed by atoms with E-state index in [1.165, 1.54) is 13.2 Å². The van der Waals surface area contributed by atoms with E-state index in [1.807, 2.05) is 0 Å². The summed E-state index contributed by atoms with van der Waals surface area (Å²) in [5.74, 6) is -0.785. The molecule has 1 saturated heterocycles. The summed E-state index contributed by atoms with van der Waals surface area (Å²) in [7, 11) is 1.31. The number of amides is 2. The van der Waals surface area contributed by atoms with E-state index in [0.29, 0.717) is 17.1 Å². The van der Waals surface area contributed by atoms with Crippen molar-refractivity contribution in [2.24, 2.45) is 0 Å². The van der Waals surface area contributed by atoms with Crippen LogP contribution in [-0.4, -0.2) is 47.2 Å². The minimum Gasteiger partial charge on any atom is -0.465 e. The lowest BCUT2D eigenvalue weighted by Gasteiger charge is -2.21. The maximum atomic E-state index is 12.6. The molecule has 9 heteroatoms. The van der Waals surface area contributed by atoms with Crippen LogP contribution >= 0.6 is 11.8 Å². The highest BCUT2D eigenvalue weighted by molar-refractivity contribution is 8.18. The van der Waals surface area contributed by atoms with E-state index < -0.39 is 35.2 Å². The Balaban J connectivity index is 1.72. The van der Waals surface area contributed by atoms with Crippen LogP contribution in [0, 0.1) is 0 Å². The molecule has 0 atom stereocenters. The summed E-state index contributed by atoms with van der Waals surface area (Å²) in [4.78, 5) is 49.2. The van der Waals surface area contributed by atoms with E-state index in [2.05, 4.69) is 4.74 Å². The molecular formula is C22H21NO7S. The highest BCUT2D eigenvalue weighted by atomic mass is 32.2. The molecule has 0 spiro atoms. The summed E-state index contributed by atoms with van der Waals surface area (Å²) in [5.41, 5.74) is 0.427. The number of nitrogens with zero attached hydrogens (tertiary/aromatic N) is 1. The quantitative estimate of drug-likeness (QED) is 0.502. The Hall–Kier alpha value is -3.33. The number of furan rings is 1. The van der Waals surface area contributed by atoms with Crippen molar-refractivity contribution in [1.29, 1.82) is 0 Å². The summed E-state index contributed by atoms with van der Waals surface area (Å²) >= 11 is 0.729. The van der Waals surface area contributed by atoms with E-state index in [-0.39, 0.29) is 4.91 Å². The van der Waals surface area contributed by atoms with Gasteiger partial charge in [-0.2, -0.15) is 0 Å².